The quantitative estimate of drug-likeness (QED) is 0.0820. The molecule has 0 bridgehead atoms. The van der Waals surface area contributed by atoms with Crippen LogP contribution in [0.15, 0.2) is 11.6 Å². The summed E-state index contributed by atoms with van der Waals surface area (Å²) in [4.78, 5) is 14.5. The van der Waals surface area contributed by atoms with Crippen LogP contribution in [0.1, 0.15) is 99.3 Å². The van der Waals surface area contributed by atoms with Gasteiger partial charge in [0.2, 0.25) is 6.29 Å². The molecule has 7 fully saturated rings. The van der Waals surface area contributed by atoms with Crippen LogP contribution < -0.4 is 0 Å². The zero-order chi connectivity index (χ0) is 46.7. The highest BCUT2D eigenvalue weighted by Gasteiger charge is 2.71. The Morgan fingerprint density at radius 3 is 1.94 bits per heavy atom. The molecule has 4 saturated carbocycles. The van der Waals surface area contributed by atoms with E-state index in [1.165, 1.54) is 5.57 Å². The molecule has 18 nitrogen and oxygen atoms in total. The van der Waals surface area contributed by atoms with Crippen molar-refractivity contribution in [2.75, 3.05) is 26.4 Å². The molecule has 11 N–H and O–H groups in total. The Bertz CT molecular complexity index is 1750. The van der Waals surface area contributed by atoms with Crippen LogP contribution in [0, 0.1) is 50.2 Å². The molecule has 0 unspecified atom stereocenters. The lowest BCUT2D eigenvalue weighted by atomic mass is 9.33. The molecule has 0 spiro atoms. The van der Waals surface area contributed by atoms with Crippen molar-refractivity contribution in [1.29, 1.82) is 0 Å². The zero-order valence-corrected chi connectivity index (χ0v) is 37.9. The minimum absolute atomic E-state index is 0.0377. The SMILES string of the molecule is CC1(C)CC[C@]2(C(=O)O[C@@H]3OC[C@H](O)[C@H](O)[C@H]3O)CC[C@]3(C)C(=CC[C@@H]4[C@@]5(C)C[C@H](O)[C@H](O[C@@H]6O[C@H](CO)[C@@H](O[C@@H]7OC[C@@H](O)[C@H](O)[C@H]7O)[C@H](O)[C@H]6O)[C@@](C)(CO)[C@@H]5CC[C@]43C)[C@@H]2C1. The van der Waals surface area contributed by atoms with E-state index in [1.807, 2.05) is 6.92 Å². The van der Waals surface area contributed by atoms with Crippen molar-refractivity contribution in [2.45, 2.75) is 191 Å². The van der Waals surface area contributed by atoms with Crippen LogP contribution in [0.5, 0.6) is 0 Å². The molecule has 3 aliphatic heterocycles. The first-order chi connectivity index (χ1) is 29.9. The fourth-order valence-electron chi connectivity index (χ4n) is 14.6. The number of rotatable bonds is 8. The third kappa shape index (κ3) is 7.48. The van der Waals surface area contributed by atoms with Gasteiger partial charge >= 0.3 is 5.97 Å². The van der Waals surface area contributed by atoms with E-state index in [-0.39, 0.29) is 53.8 Å². The molecule has 8 aliphatic rings. The number of aliphatic hydroxyl groups is 11. The summed E-state index contributed by atoms with van der Waals surface area (Å²) >= 11 is 0. The maximum atomic E-state index is 14.5. The Balaban J connectivity index is 1.03. The van der Waals surface area contributed by atoms with Crippen molar-refractivity contribution in [3.8, 4) is 0 Å². The molecule has 0 aromatic rings. The molecular formula is C46H74O18. The van der Waals surface area contributed by atoms with E-state index in [1.54, 1.807) is 0 Å². The van der Waals surface area contributed by atoms with Crippen LogP contribution in [0.25, 0.3) is 0 Å². The van der Waals surface area contributed by atoms with Gasteiger partial charge < -0.3 is 84.6 Å². The summed E-state index contributed by atoms with van der Waals surface area (Å²) in [6, 6.07) is 0. The van der Waals surface area contributed by atoms with Gasteiger partial charge in [0.1, 0.15) is 61.0 Å². The van der Waals surface area contributed by atoms with Crippen molar-refractivity contribution >= 4 is 5.97 Å². The second kappa shape index (κ2) is 17.2. The summed E-state index contributed by atoms with van der Waals surface area (Å²) in [7, 11) is 0. The predicted molar refractivity (Wildman–Crippen MR) is 221 cm³/mol. The fraction of sp³-hybridized carbons (Fsp3) is 0.935. The highest BCUT2D eigenvalue weighted by atomic mass is 16.7. The van der Waals surface area contributed by atoms with Gasteiger partial charge in [-0.3, -0.25) is 4.79 Å². The molecule has 366 valence electrons. The molecule has 0 aromatic heterocycles. The third-order valence-electron chi connectivity index (χ3n) is 18.6. The Labute approximate surface area is 374 Å². The van der Waals surface area contributed by atoms with E-state index in [0.29, 0.717) is 38.5 Å². The minimum Gasteiger partial charge on any atom is -0.432 e. The topological polar surface area (TPSA) is 295 Å². The highest BCUT2D eigenvalue weighted by molar-refractivity contribution is 5.79. The van der Waals surface area contributed by atoms with Gasteiger partial charge in [-0.05, 0) is 97.2 Å². The summed E-state index contributed by atoms with van der Waals surface area (Å²) in [5.41, 5.74) is -1.97. The second-order valence-corrected chi connectivity index (χ2v) is 22.6. The number of aliphatic hydroxyl groups excluding tert-OH is 11. The van der Waals surface area contributed by atoms with Crippen LogP contribution in [0.2, 0.25) is 0 Å². The number of carbonyl (C=O) groups excluding carboxylic acids is 1. The standard InChI is InChI=1S/C46H74O18/c1-41(2)11-13-46(40(58)64-38-33(56)30(53)25(51)19-60-38)14-12-44(5)21(22(46)15-41)7-8-28-42(3)16-23(49)36(43(4,20-48)27(42)9-10-45(28,44)6)63-39-34(57)31(54)35(26(17-47)61-39)62-37-32(55)29(52)24(50)18-59-37/h7,22-39,47-57H,8-20H2,1-6H3/t22-,23-,24+,25-,26+,27+,28+,29-,30-,31+,32+,33+,34+,35+,36-,37-,38-,39-,42-,43-,44+,45+,46-/m0/s1. The summed E-state index contributed by atoms with van der Waals surface area (Å²) < 4.78 is 34.9. The number of allylic oxidation sites excluding steroid dienone is 2. The third-order valence-corrected chi connectivity index (χ3v) is 18.6. The van der Waals surface area contributed by atoms with E-state index in [4.69, 9.17) is 28.4 Å². The first kappa shape index (κ1) is 49.0. The monoisotopic (exact) mass is 914 g/mol. The fourth-order valence-corrected chi connectivity index (χ4v) is 14.6. The van der Waals surface area contributed by atoms with Gasteiger partial charge in [-0.25, -0.2) is 0 Å². The van der Waals surface area contributed by atoms with E-state index < -0.39 is 121 Å². The van der Waals surface area contributed by atoms with Crippen LogP contribution >= 0.6 is 0 Å². The van der Waals surface area contributed by atoms with Crippen molar-refractivity contribution in [1.82, 2.24) is 0 Å². The van der Waals surface area contributed by atoms with E-state index in [9.17, 15) is 61.0 Å². The molecular weight excluding hydrogens is 840 g/mol. The van der Waals surface area contributed by atoms with Crippen molar-refractivity contribution in [2.24, 2.45) is 50.2 Å². The molecule has 23 atom stereocenters. The minimum atomic E-state index is -1.77. The molecule has 3 saturated heterocycles. The molecule has 0 aromatic carbocycles. The summed E-state index contributed by atoms with van der Waals surface area (Å²) in [5, 5.41) is 118. The molecule has 18 heteroatoms. The molecule has 0 amide bonds. The first-order valence-electron chi connectivity index (χ1n) is 23.4. The average Bonchev–Trinajstić information content (AvgIpc) is 3.24. The maximum absolute atomic E-state index is 14.5. The van der Waals surface area contributed by atoms with Gasteiger partial charge in [0, 0.05) is 5.41 Å². The molecule has 3 heterocycles. The van der Waals surface area contributed by atoms with Crippen molar-refractivity contribution < 1.29 is 89.4 Å². The number of fused-ring (bicyclic) bond motifs is 7. The normalized spacial score (nSPS) is 54.9. The number of esters is 1. The van der Waals surface area contributed by atoms with Gasteiger partial charge in [-0.2, -0.15) is 0 Å². The Hall–Kier alpha value is -1.43. The number of carbonyl (C=O) groups is 1. The van der Waals surface area contributed by atoms with Crippen LogP contribution in [-0.4, -0.2) is 181 Å². The molecule has 0 radical (unpaired) electrons. The Morgan fingerprint density at radius 2 is 1.30 bits per heavy atom. The summed E-state index contributed by atoms with van der Waals surface area (Å²) in [6.07, 6.45) is -14.0. The largest absolute Gasteiger partial charge is 0.432 e. The smallest absolute Gasteiger partial charge is 0.315 e. The highest BCUT2D eigenvalue weighted by Crippen LogP contribution is 2.76. The summed E-state index contributed by atoms with van der Waals surface area (Å²) in [5.74, 6) is -0.767. The van der Waals surface area contributed by atoms with Crippen molar-refractivity contribution in [3.05, 3.63) is 11.6 Å². The van der Waals surface area contributed by atoms with Gasteiger partial charge in [0.15, 0.2) is 12.6 Å². The van der Waals surface area contributed by atoms with Crippen LogP contribution in [-0.2, 0) is 33.2 Å². The van der Waals surface area contributed by atoms with Gasteiger partial charge in [0.05, 0.1) is 44.1 Å². The molecule has 5 aliphatic carbocycles. The van der Waals surface area contributed by atoms with Gasteiger partial charge in [-0.1, -0.05) is 53.2 Å². The van der Waals surface area contributed by atoms with Crippen LogP contribution in [0.4, 0.5) is 0 Å². The Morgan fingerprint density at radius 1 is 0.688 bits per heavy atom. The van der Waals surface area contributed by atoms with Crippen molar-refractivity contribution in [3.63, 3.8) is 0 Å². The maximum Gasteiger partial charge on any atom is 0.315 e. The number of ether oxygens (including phenoxy) is 6. The van der Waals surface area contributed by atoms with E-state index >= 15 is 0 Å². The Kier molecular flexibility index (Phi) is 13.2. The lowest BCUT2D eigenvalue weighted by molar-refractivity contribution is -0.368. The lowest BCUT2D eigenvalue weighted by Gasteiger charge is -2.72. The number of hydrogen-bond acceptors (Lipinski definition) is 18. The molecule has 8 rings (SSSR count). The molecule has 64 heavy (non-hydrogen) atoms. The van der Waals surface area contributed by atoms with E-state index in [2.05, 4.69) is 40.7 Å². The van der Waals surface area contributed by atoms with E-state index in [0.717, 1.165) is 19.3 Å². The number of hydrogen-bond donors (Lipinski definition) is 11. The lowest BCUT2D eigenvalue weighted by Crippen LogP contribution is -2.70. The summed E-state index contributed by atoms with van der Waals surface area (Å²) in [6.45, 7) is 11.4. The second-order valence-electron chi connectivity index (χ2n) is 22.6. The van der Waals surface area contributed by atoms with Gasteiger partial charge in [-0.15, -0.1) is 0 Å². The zero-order valence-electron chi connectivity index (χ0n) is 37.9. The predicted octanol–water partition coefficient (Wildman–Crippen LogP) is -0.638. The first-order valence-corrected chi connectivity index (χ1v) is 23.4. The average molecular weight is 915 g/mol. The van der Waals surface area contributed by atoms with Crippen LogP contribution in [0.3, 0.4) is 0 Å². The van der Waals surface area contributed by atoms with Gasteiger partial charge in [0.25, 0.3) is 0 Å².